The number of carbonyl (C=O) groups excluding carboxylic acids is 2. The Morgan fingerprint density at radius 1 is 1.38 bits per heavy atom. The van der Waals surface area contributed by atoms with Crippen molar-refractivity contribution in [2.24, 2.45) is 5.92 Å². The normalized spacial score (nSPS) is 19.3. The Morgan fingerprint density at radius 2 is 1.94 bits per heavy atom. The van der Waals surface area contributed by atoms with E-state index in [-0.39, 0.29) is 23.8 Å². The van der Waals surface area contributed by atoms with Crippen molar-refractivity contribution in [3.63, 3.8) is 0 Å². The van der Waals surface area contributed by atoms with E-state index in [1.165, 1.54) is 0 Å². The van der Waals surface area contributed by atoms with Crippen molar-refractivity contribution in [1.29, 1.82) is 0 Å². The molecule has 1 rings (SSSR count). The standard InChI is InChI=1S/C12H22N2O2/c1-4-9(2)13-12(16)11-5-7-14(8-6-11)10(3)15/h9,11H,4-8H2,1-3H3,(H,13,16)/t9-/m1/s1. The summed E-state index contributed by atoms with van der Waals surface area (Å²) < 4.78 is 0. The van der Waals surface area contributed by atoms with Gasteiger partial charge in [0.15, 0.2) is 0 Å². The van der Waals surface area contributed by atoms with E-state index < -0.39 is 0 Å². The summed E-state index contributed by atoms with van der Waals surface area (Å²) >= 11 is 0. The van der Waals surface area contributed by atoms with E-state index in [0.29, 0.717) is 13.1 Å². The number of nitrogens with one attached hydrogen (secondary N) is 1. The van der Waals surface area contributed by atoms with Crippen LogP contribution in [0.25, 0.3) is 0 Å². The fraction of sp³-hybridized carbons (Fsp3) is 0.833. The summed E-state index contributed by atoms with van der Waals surface area (Å²) in [7, 11) is 0. The number of nitrogens with zero attached hydrogens (tertiary/aromatic N) is 1. The molecule has 0 aromatic heterocycles. The first kappa shape index (κ1) is 13.0. The van der Waals surface area contributed by atoms with E-state index in [1.807, 2.05) is 11.8 Å². The van der Waals surface area contributed by atoms with Gasteiger partial charge < -0.3 is 10.2 Å². The summed E-state index contributed by atoms with van der Waals surface area (Å²) in [6, 6.07) is 0.248. The minimum atomic E-state index is 0.0876. The van der Waals surface area contributed by atoms with Gasteiger partial charge in [0.2, 0.25) is 11.8 Å². The van der Waals surface area contributed by atoms with Gasteiger partial charge in [0.1, 0.15) is 0 Å². The average molecular weight is 226 g/mol. The monoisotopic (exact) mass is 226 g/mol. The molecular weight excluding hydrogens is 204 g/mol. The lowest BCUT2D eigenvalue weighted by atomic mass is 9.95. The number of hydrogen-bond acceptors (Lipinski definition) is 2. The topological polar surface area (TPSA) is 49.4 Å². The molecule has 16 heavy (non-hydrogen) atoms. The van der Waals surface area contributed by atoms with Crippen LogP contribution in [0.2, 0.25) is 0 Å². The van der Waals surface area contributed by atoms with Gasteiger partial charge in [-0.1, -0.05) is 6.92 Å². The van der Waals surface area contributed by atoms with E-state index in [2.05, 4.69) is 12.2 Å². The lowest BCUT2D eigenvalue weighted by Crippen LogP contribution is -2.44. The first-order valence-corrected chi connectivity index (χ1v) is 6.10. The minimum Gasteiger partial charge on any atom is -0.353 e. The third-order valence-corrected chi connectivity index (χ3v) is 3.31. The van der Waals surface area contributed by atoms with Gasteiger partial charge in [0, 0.05) is 32.0 Å². The molecule has 0 bridgehead atoms. The molecule has 1 heterocycles. The molecule has 0 aromatic rings. The van der Waals surface area contributed by atoms with E-state index in [9.17, 15) is 9.59 Å². The molecule has 0 radical (unpaired) electrons. The quantitative estimate of drug-likeness (QED) is 0.785. The third kappa shape index (κ3) is 3.51. The number of carbonyl (C=O) groups is 2. The van der Waals surface area contributed by atoms with Gasteiger partial charge in [-0.3, -0.25) is 9.59 Å². The second-order valence-corrected chi connectivity index (χ2v) is 4.60. The van der Waals surface area contributed by atoms with Gasteiger partial charge in [-0.05, 0) is 26.2 Å². The van der Waals surface area contributed by atoms with Gasteiger partial charge in [-0.25, -0.2) is 0 Å². The summed E-state index contributed by atoms with van der Waals surface area (Å²) in [6.07, 6.45) is 2.54. The maximum Gasteiger partial charge on any atom is 0.223 e. The Morgan fingerprint density at radius 3 is 2.38 bits per heavy atom. The molecule has 0 saturated carbocycles. The molecule has 0 aromatic carbocycles. The van der Waals surface area contributed by atoms with Crippen molar-refractivity contribution >= 4 is 11.8 Å². The van der Waals surface area contributed by atoms with E-state index in [0.717, 1.165) is 19.3 Å². The zero-order chi connectivity index (χ0) is 12.1. The number of piperidine rings is 1. The Bertz CT molecular complexity index is 258. The molecule has 1 aliphatic heterocycles. The Labute approximate surface area is 97.4 Å². The smallest absolute Gasteiger partial charge is 0.223 e. The molecule has 1 fully saturated rings. The molecule has 1 atom stereocenters. The lowest BCUT2D eigenvalue weighted by Gasteiger charge is -2.31. The van der Waals surface area contributed by atoms with Crippen LogP contribution in [0.4, 0.5) is 0 Å². The summed E-state index contributed by atoms with van der Waals surface area (Å²) in [4.78, 5) is 24.8. The zero-order valence-corrected chi connectivity index (χ0v) is 10.5. The zero-order valence-electron chi connectivity index (χ0n) is 10.5. The van der Waals surface area contributed by atoms with Crippen molar-refractivity contribution in [2.75, 3.05) is 13.1 Å². The second-order valence-electron chi connectivity index (χ2n) is 4.60. The largest absolute Gasteiger partial charge is 0.353 e. The predicted molar refractivity (Wildman–Crippen MR) is 62.9 cm³/mol. The lowest BCUT2D eigenvalue weighted by molar-refractivity contribution is -0.134. The number of hydrogen-bond donors (Lipinski definition) is 1. The molecule has 0 aliphatic carbocycles. The first-order valence-electron chi connectivity index (χ1n) is 6.10. The second kappa shape index (κ2) is 5.87. The van der Waals surface area contributed by atoms with Crippen LogP contribution >= 0.6 is 0 Å². The number of amides is 2. The molecule has 1 saturated heterocycles. The summed E-state index contributed by atoms with van der Waals surface area (Å²) in [5.41, 5.74) is 0. The van der Waals surface area contributed by atoms with Gasteiger partial charge in [-0.15, -0.1) is 0 Å². The Kier molecular flexibility index (Phi) is 4.77. The molecule has 92 valence electrons. The maximum absolute atomic E-state index is 11.8. The molecule has 1 N–H and O–H groups in total. The highest BCUT2D eigenvalue weighted by atomic mass is 16.2. The van der Waals surface area contributed by atoms with Crippen molar-refractivity contribution in [2.45, 2.75) is 46.1 Å². The van der Waals surface area contributed by atoms with Crippen molar-refractivity contribution in [1.82, 2.24) is 10.2 Å². The van der Waals surface area contributed by atoms with E-state index >= 15 is 0 Å². The highest BCUT2D eigenvalue weighted by molar-refractivity contribution is 5.79. The summed E-state index contributed by atoms with van der Waals surface area (Å²) in [6.45, 7) is 7.09. The van der Waals surface area contributed by atoms with Crippen molar-refractivity contribution < 1.29 is 9.59 Å². The van der Waals surface area contributed by atoms with Crippen LogP contribution in [0, 0.1) is 5.92 Å². The van der Waals surface area contributed by atoms with E-state index in [4.69, 9.17) is 0 Å². The SMILES string of the molecule is CC[C@@H](C)NC(=O)C1CCN(C(C)=O)CC1. The van der Waals surface area contributed by atoms with Gasteiger partial charge >= 0.3 is 0 Å². The summed E-state index contributed by atoms with van der Waals surface area (Å²) in [5.74, 6) is 0.350. The van der Waals surface area contributed by atoms with E-state index in [1.54, 1.807) is 6.92 Å². The predicted octanol–water partition coefficient (Wildman–Crippen LogP) is 1.16. The van der Waals surface area contributed by atoms with Gasteiger partial charge in [-0.2, -0.15) is 0 Å². The van der Waals surface area contributed by atoms with Gasteiger partial charge in [0.25, 0.3) is 0 Å². The van der Waals surface area contributed by atoms with Crippen LogP contribution in [0.3, 0.4) is 0 Å². The molecule has 1 aliphatic rings. The molecule has 4 nitrogen and oxygen atoms in total. The average Bonchev–Trinajstić information content (AvgIpc) is 2.28. The highest BCUT2D eigenvalue weighted by Gasteiger charge is 2.26. The fourth-order valence-corrected chi connectivity index (χ4v) is 1.92. The van der Waals surface area contributed by atoms with Crippen molar-refractivity contribution in [3.05, 3.63) is 0 Å². The Balaban J connectivity index is 2.36. The molecule has 2 amide bonds. The maximum atomic E-state index is 11.8. The van der Waals surface area contributed by atoms with Crippen LogP contribution in [-0.4, -0.2) is 35.8 Å². The first-order chi connectivity index (χ1) is 7.54. The van der Waals surface area contributed by atoms with Crippen LogP contribution in [0.1, 0.15) is 40.0 Å². The highest BCUT2D eigenvalue weighted by Crippen LogP contribution is 2.17. The van der Waals surface area contributed by atoms with Crippen LogP contribution < -0.4 is 5.32 Å². The van der Waals surface area contributed by atoms with Crippen LogP contribution in [0.5, 0.6) is 0 Å². The number of rotatable bonds is 3. The number of likely N-dealkylation sites (tertiary alicyclic amines) is 1. The summed E-state index contributed by atoms with van der Waals surface area (Å²) in [5, 5.41) is 3.00. The van der Waals surface area contributed by atoms with Crippen molar-refractivity contribution in [3.8, 4) is 0 Å². The Hall–Kier alpha value is -1.06. The molecular formula is C12H22N2O2. The van der Waals surface area contributed by atoms with Crippen LogP contribution in [0.15, 0.2) is 0 Å². The fourth-order valence-electron chi connectivity index (χ4n) is 1.92. The molecule has 4 heteroatoms. The molecule has 0 unspecified atom stereocenters. The third-order valence-electron chi connectivity index (χ3n) is 3.31. The minimum absolute atomic E-state index is 0.0876. The van der Waals surface area contributed by atoms with Crippen LogP contribution in [-0.2, 0) is 9.59 Å². The van der Waals surface area contributed by atoms with Gasteiger partial charge in [0.05, 0.1) is 0 Å². The molecule has 0 spiro atoms.